The first-order valence-corrected chi connectivity index (χ1v) is 8.85. The predicted octanol–water partition coefficient (Wildman–Crippen LogP) is 4.56. The van der Waals surface area contributed by atoms with E-state index in [9.17, 15) is 0 Å². The lowest BCUT2D eigenvalue weighted by Crippen LogP contribution is -1.95. The number of pyridine rings is 2. The number of rotatable bonds is 4. The summed E-state index contributed by atoms with van der Waals surface area (Å²) in [5.74, 6) is 1.30. The van der Waals surface area contributed by atoms with Crippen LogP contribution >= 0.6 is 0 Å². The molecular weight excluding hydrogens is 338 g/mol. The Morgan fingerprint density at radius 3 is 2.70 bits per heavy atom. The molecule has 0 aliphatic rings. The van der Waals surface area contributed by atoms with Gasteiger partial charge in [0.05, 0.1) is 11.7 Å². The van der Waals surface area contributed by atoms with Crippen LogP contribution in [0.15, 0.2) is 73.2 Å². The fourth-order valence-electron chi connectivity index (χ4n) is 3.21. The van der Waals surface area contributed by atoms with Crippen molar-refractivity contribution >= 4 is 16.7 Å². The summed E-state index contributed by atoms with van der Waals surface area (Å²) in [6, 6.07) is 17.7. The molecule has 132 valence electrons. The number of fused-ring (bicyclic) bond motifs is 2. The molecule has 0 saturated carbocycles. The maximum atomic E-state index is 5.89. The highest BCUT2D eigenvalue weighted by atomic mass is 16.5. The van der Waals surface area contributed by atoms with Crippen LogP contribution in [0.25, 0.3) is 27.9 Å². The largest absolute Gasteiger partial charge is 0.437 e. The van der Waals surface area contributed by atoms with Crippen molar-refractivity contribution in [2.45, 2.75) is 13.5 Å². The Hall–Kier alpha value is -3.67. The minimum absolute atomic E-state index is 0.566. The highest BCUT2D eigenvalue weighted by Gasteiger charge is 2.13. The van der Waals surface area contributed by atoms with E-state index < -0.39 is 0 Å². The van der Waals surface area contributed by atoms with Crippen molar-refractivity contribution in [1.82, 2.24) is 24.1 Å². The molecule has 4 aromatic heterocycles. The lowest BCUT2D eigenvalue weighted by Gasteiger charge is -2.03. The second-order valence-corrected chi connectivity index (χ2v) is 6.21. The van der Waals surface area contributed by atoms with Crippen LogP contribution in [0.3, 0.4) is 0 Å². The number of aryl methyl sites for hydroxylation is 1. The first-order chi connectivity index (χ1) is 13.3. The van der Waals surface area contributed by atoms with Crippen LogP contribution in [-0.2, 0) is 6.54 Å². The van der Waals surface area contributed by atoms with Gasteiger partial charge in [-0.2, -0.15) is 10.1 Å². The third-order valence-electron chi connectivity index (χ3n) is 4.50. The van der Waals surface area contributed by atoms with Gasteiger partial charge in [-0.1, -0.05) is 6.07 Å². The second-order valence-electron chi connectivity index (χ2n) is 6.21. The van der Waals surface area contributed by atoms with Crippen LogP contribution in [0.4, 0.5) is 0 Å². The number of aromatic nitrogens is 5. The van der Waals surface area contributed by atoms with Gasteiger partial charge in [-0.05, 0) is 55.5 Å². The summed E-state index contributed by atoms with van der Waals surface area (Å²) in [7, 11) is 0. The van der Waals surface area contributed by atoms with Crippen molar-refractivity contribution in [3.63, 3.8) is 0 Å². The number of nitrogens with zero attached hydrogens (tertiary/aromatic N) is 5. The van der Waals surface area contributed by atoms with Crippen molar-refractivity contribution in [3.05, 3.63) is 73.2 Å². The average Bonchev–Trinajstić information content (AvgIpc) is 3.29. The van der Waals surface area contributed by atoms with Gasteiger partial charge in [0.2, 0.25) is 5.88 Å². The summed E-state index contributed by atoms with van der Waals surface area (Å²) >= 11 is 0. The zero-order valence-corrected chi connectivity index (χ0v) is 14.8. The van der Waals surface area contributed by atoms with Crippen LogP contribution in [0, 0.1) is 0 Å². The fourth-order valence-corrected chi connectivity index (χ4v) is 3.21. The normalized spacial score (nSPS) is 11.3. The van der Waals surface area contributed by atoms with Crippen molar-refractivity contribution in [2.24, 2.45) is 0 Å². The Bertz CT molecular complexity index is 1200. The molecule has 0 spiro atoms. The molecule has 4 heterocycles. The maximum absolute atomic E-state index is 5.89. The van der Waals surface area contributed by atoms with E-state index in [4.69, 9.17) is 9.84 Å². The molecule has 0 radical (unpaired) electrons. The zero-order valence-electron chi connectivity index (χ0n) is 14.8. The molecule has 0 aliphatic carbocycles. The molecule has 0 amide bonds. The number of benzene rings is 1. The number of hydrogen-bond acceptors (Lipinski definition) is 4. The Labute approximate surface area is 155 Å². The molecule has 5 aromatic rings. The number of hydrogen-bond donors (Lipinski definition) is 0. The Balaban J connectivity index is 1.47. The second kappa shape index (κ2) is 6.25. The van der Waals surface area contributed by atoms with Gasteiger partial charge in [0.25, 0.3) is 0 Å². The lowest BCUT2D eigenvalue weighted by molar-refractivity contribution is 0.466. The lowest BCUT2D eigenvalue weighted by atomic mass is 10.1. The quantitative estimate of drug-likeness (QED) is 0.474. The topological polar surface area (TPSA) is 57.2 Å². The van der Waals surface area contributed by atoms with E-state index in [1.54, 1.807) is 6.20 Å². The zero-order chi connectivity index (χ0) is 18.2. The summed E-state index contributed by atoms with van der Waals surface area (Å²) in [4.78, 5) is 8.97. The molecule has 0 aliphatic heterocycles. The fraction of sp³-hybridized carbons (Fsp3) is 0.0952. The summed E-state index contributed by atoms with van der Waals surface area (Å²) in [6.07, 6.45) is 5.61. The molecule has 6 nitrogen and oxygen atoms in total. The molecule has 0 unspecified atom stereocenters. The summed E-state index contributed by atoms with van der Waals surface area (Å²) in [6.45, 7) is 2.88. The van der Waals surface area contributed by atoms with E-state index in [1.807, 2.05) is 76.1 Å². The molecule has 0 fully saturated rings. The Kier molecular flexibility index (Phi) is 3.60. The molecule has 27 heavy (non-hydrogen) atoms. The third-order valence-corrected chi connectivity index (χ3v) is 4.50. The van der Waals surface area contributed by atoms with Crippen LogP contribution in [0.5, 0.6) is 11.6 Å². The van der Waals surface area contributed by atoms with Gasteiger partial charge in [-0.15, -0.1) is 0 Å². The Morgan fingerprint density at radius 1 is 1.00 bits per heavy atom. The molecular formula is C21H17N5O. The van der Waals surface area contributed by atoms with Crippen molar-refractivity contribution in [3.8, 4) is 22.9 Å². The van der Waals surface area contributed by atoms with E-state index in [-0.39, 0.29) is 0 Å². The van der Waals surface area contributed by atoms with Gasteiger partial charge in [-0.3, -0.25) is 9.67 Å². The number of imidazole rings is 1. The minimum Gasteiger partial charge on any atom is -0.437 e. The molecule has 0 bridgehead atoms. The molecule has 0 saturated heterocycles. The molecule has 0 N–H and O–H groups in total. The average molecular weight is 355 g/mol. The SMILES string of the molecule is CCn1nc(-c2ccc(Oc3cn4ccccc4n3)cc2)c2ncccc21. The van der Waals surface area contributed by atoms with Crippen LogP contribution in [0.1, 0.15) is 6.92 Å². The van der Waals surface area contributed by atoms with Gasteiger partial charge < -0.3 is 9.14 Å². The van der Waals surface area contributed by atoms with Crippen molar-refractivity contribution in [1.29, 1.82) is 0 Å². The molecule has 6 heteroatoms. The highest BCUT2D eigenvalue weighted by molar-refractivity contribution is 5.89. The van der Waals surface area contributed by atoms with Gasteiger partial charge in [0.15, 0.2) is 0 Å². The summed E-state index contributed by atoms with van der Waals surface area (Å²) in [5.41, 5.74) is 4.69. The first-order valence-electron chi connectivity index (χ1n) is 8.85. The molecule has 5 rings (SSSR count). The number of ether oxygens (including phenoxy) is 1. The first kappa shape index (κ1) is 15.6. The summed E-state index contributed by atoms with van der Waals surface area (Å²) in [5, 5.41) is 4.72. The van der Waals surface area contributed by atoms with E-state index in [2.05, 4.69) is 16.9 Å². The Morgan fingerprint density at radius 2 is 1.89 bits per heavy atom. The van der Waals surface area contributed by atoms with Crippen LogP contribution in [0.2, 0.25) is 0 Å². The van der Waals surface area contributed by atoms with Gasteiger partial charge >= 0.3 is 0 Å². The van der Waals surface area contributed by atoms with E-state index >= 15 is 0 Å². The van der Waals surface area contributed by atoms with Crippen LogP contribution < -0.4 is 4.74 Å². The third kappa shape index (κ3) is 2.71. The van der Waals surface area contributed by atoms with E-state index in [0.29, 0.717) is 5.88 Å². The monoisotopic (exact) mass is 355 g/mol. The van der Waals surface area contributed by atoms with Gasteiger partial charge in [0.1, 0.15) is 22.6 Å². The standard InChI is InChI=1S/C21H17N5O/c1-2-26-17-6-5-12-22-21(17)20(24-26)15-8-10-16(11-9-15)27-19-14-25-13-4-3-7-18(25)23-19/h3-14H,2H2,1H3. The minimum atomic E-state index is 0.566. The van der Waals surface area contributed by atoms with E-state index in [1.165, 1.54) is 0 Å². The molecule has 1 aromatic carbocycles. The van der Waals surface area contributed by atoms with E-state index in [0.717, 1.165) is 40.2 Å². The smallest absolute Gasteiger partial charge is 0.238 e. The van der Waals surface area contributed by atoms with Crippen LogP contribution in [-0.4, -0.2) is 24.1 Å². The summed E-state index contributed by atoms with van der Waals surface area (Å²) < 4.78 is 9.80. The van der Waals surface area contributed by atoms with Crippen molar-refractivity contribution in [2.75, 3.05) is 0 Å². The van der Waals surface area contributed by atoms with Gasteiger partial charge in [-0.25, -0.2) is 0 Å². The van der Waals surface area contributed by atoms with Gasteiger partial charge in [0, 0.05) is 24.5 Å². The highest BCUT2D eigenvalue weighted by Crippen LogP contribution is 2.29. The predicted molar refractivity (Wildman–Crippen MR) is 104 cm³/mol. The maximum Gasteiger partial charge on any atom is 0.238 e. The van der Waals surface area contributed by atoms with Crippen molar-refractivity contribution < 1.29 is 4.74 Å². The molecule has 0 atom stereocenters.